The molecule has 0 unspecified atom stereocenters. The number of nitrogens with zero attached hydrogens (tertiary/aromatic N) is 3. The number of carbonyl (C=O) groups is 1. The summed E-state index contributed by atoms with van der Waals surface area (Å²) in [5, 5.41) is 7.04. The van der Waals surface area contributed by atoms with Crippen molar-refractivity contribution in [3.8, 4) is 5.95 Å². The van der Waals surface area contributed by atoms with Gasteiger partial charge in [0.2, 0.25) is 11.9 Å². The molecule has 0 aliphatic carbocycles. The fourth-order valence-electron chi connectivity index (χ4n) is 1.76. The van der Waals surface area contributed by atoms with E-state index < -0.39 is 5.41 Å². The molecule has 118 valence electrons. The Morgan fingerprint density at radius 1 is 1.36 bits per heavy atom. The molecule has 22 heavy (non-hydrogen) atoms. The van der Waals surface area contributed by atoms with Crippen molar-refractivity contribution in [1.82, 2.24) is 19.7 Å². The van der Waals surface area contributed by atoms with Crippen molar-refractivity contribution in [2.45, 2.75) is 27.7 Å². The maximum atomic E-state index is 12.3. The molecule has 0 atom stereocenters. The Labute approximate surface area is 132 Å². The van der Waals surface area contributed by atoms with Gasteiger partial charge in [-0.1, -0.05) is 0 Å². The molecule has 0 aliphatic rings. The third kappa shape index (κ3) is 3.36. The first-order valence-corrected chi connectivity index (χ1v) is 7.29. The van der Waals surface area contributed by atoms with E-state index in [0.717, 1.165) is 0 Å². The summed E-state index contributed by atoms with van der Waals surface area (Å²) in [5.74, 6) is 0.621. The SMILES string of the molecule is Cc1cc(=O)[nH]c(-n2nc(C)cc2NC(=O)C(C)(C)CCl)n1. The number of carbonyl (C=O) groups excluding carboxylic acids is 1. The molecule has 0 radical (unpaired) electrons. The summed E-state index contributed by atoms with van der Waals surface area (Å²) in [6.45, 7) is 6.99. The van der Waals surface area contributed by atoms with E-state index in [1.165, 1.54) is 10.7 Å². The van der Waals surface area contributed by atoms with Crippen LogP contribution in [0.5, 0.6) is 0 Å². The van der Waals surface area contributed by atoms with Crippen LogP contribution in [0.4, 0.5) is 5.82 Å². The number of anilines is 1. The first-order valence-electron chi connectivity index (χ1n) is 6.75. The van der Waals surface area contributed by atoms with Crippen molar-refractivity contribution in [2.24, 2.45) is 5.41 Å². The smallest absolute Gasteiger partial charge is 0.252 e. The van der Waals surface area contributed by atoms with Gasteiger partial charge >= 0.3 is 0 Å². The minimum absolute atomic E-state index is 0.186. The Balaban J connectivity index is 2.43. The highest BCUT2D eigenvalue weighted by molar-refractivity contribution is 6.20. The van der Waals surface area contributed by atoms with Crippen molar-refractivity contribution in [3.05, 3.63) is 33.9 Å². The van der Waals surface area contributed by atoms with Gasteiger partial charge in [0.1, 0.15) is 5.82 Å². The van der Waals surface area contributed by atoms with E-state index in [9.17, 15) is 9.59 Å². The lowest BCUT2D eigenvalue weighted by atomic mass is 9.95. The molecule has 0 bridgehead atoms. The summed E-state index contributed by atoms with van der Waals surface area (Å²) in [6, 6.07) is 3.08. The average molecular weight is 324 g/mol. The zero-order chi connectivity index (χ0) is 16.5. The van der Waals surface area contributed by atoms with Gasteiger partial charge in [0.25, 0.3) is 5.56 Å². The van der Waals surface area contributed by atoms with Crippen molar-refractivity contribution in [2.75, 3.05) is 11.2 Å². The van der Waals surface area contributed by atoms with E-state index in [0.29, 0.717) is 17.2 Å². The molecule has 2 heterocycles. The van der Waals surface area contributed by atoms with Crippen LogP contribution in [0.1, 0.15) is 25.2 Å². The molecule has 2 aromatic rings. The van der Waals surface area contributed by atoms with Crippen molar-refractivity contribution >= 4 is 23.3 Å². The Hall–Kier alpha value is -2.15. The fraction of sp³-hybridized carbons (Fsp3) is 0.429. The van der Waals surface area contributed by atoms with Gasteiger partial charge in [0.15, 0.2) is 0 Å². The molecule has 2 aromatic heterocycles. The van der Waals surface area contributed by atoms with Crippen LogP contribution >= 0.6 is 11.6 Å². The summed E-state index contributed by atoms with van der Waals surface area (Å²) < 4.78 is 1.39. The molecule has 7 nitrogen and oxygen atoms in total. The summed E-state index contributed by atoms with van der Waals surface area (Å²) in [6.07, 6.45) is 0. The van der Waals surface area contributed by atoms with Crippen LogP contribution in [0.2, 0.25) is 0 Å². The first kappa shape index (κ1) is 16.2. The number of hydrogen-bond acceptors (Lipinski definition) is 4. The van der Waals surface area contributed by atoms with Crippen LogP contribution < -0.4 is 10.9 Å². The van der Waals surface area contributed by atoms with Gasteiger partial charge in [-0.05, 0) is 27.7 Å². The van der Waals surface area contributed by atoms with Crippen LogP contribution in [-0.4, -0.2) is 31.5 Å². The van der Waals surface area contributed by atoms with Gasteiger partial charge in [-0.25, -0.2) is 4.98 Å². The summed E-state index contributed by atoms with van der Waals surface area (Å²) in [7, 11) is 0. The minimum Gasteiger partial charge on any atom is -0.310 e. The van der Waals surface area contributed by atoms with E-state index in [1.807, 2.05) is 0 Å². The molecule has 0 aliphatic heterocycles. The molecule has 2 rings (SSSR count). The summed E-state index contributed by atoms with van der Waals surface area (Å²) in [5.41, 5.74) is 0.236. The molecule has 0 saturated heterocycles. The van der Waals surface area contributed by atoms with Gasteiger partial charge in [0.05, 0.1) is 11.1 Å². The molecule has 1 amide bonds. The van der Waals surface area contributed by atoms with Crippen LogP contribution in [0.15, 0.2) is 16.9 Å². The van der Waals surface area contributed by atoms with Gasteiger partial charge in [-0.3, -0.25) is 14.6 Å². The number of aryl methyl sites for hydroxylation is 2. The van der Waals surface area contributed by atoms with Crippen molar-refractivity contribution < 1.29 is 4.79 Å². The maximum absolute atomic E-state index is 12.3. The normalized spacial score (nSPS) is 11.5. The van der Waals surface area contributed by atoms with Crippen LogP contribution in [0, 0.1) is 19.3 Å². The van der Waals surface area contributed by atoms with E-state index in [1.54, 1.807) is 33.8 Å². The second kappa shape index (κ2) is 5.92. The lowest BCUT2D eigenvalue weighted by Crippen LogP contribution is -2.33. The number of halogens is 1. The van der Waals surface area contributed by atoms with Crippen molar-refractivity contribution in [1.29, 1.82) is 0 Å². The minimum atomic E-state index is -0.724. The lowest BCUT2D eigenvalue weighted by molar-refractivity contribution is -0.123. The Bertz CT molecular complexity index is 763. The Kier molecular flexibility index (Phi) is 4.37. The lowest BCUT2D eigenvalue weighted by Gasteiger charge is -2.20. The monoisotopic (exact) mass is 323 g/mol. The van der Waals surface area contributed by atoms with Gasteiger partial charge in [-0.15, -0.1) is 11.6 Å². The molecular formula is C14H18ClN5O2. The Morgan fingerprint density at radius 2 is 2.05 bits per heavy atom. The summed E-state index contributed by atoms with van der Waals surface area (Å²) >= 11 is 5.81. The highest BCUT2D eigenvalue weighted by Crippen LogP contribution is 2.21. The largest absolute Gasteiger partial charge is 0.310 e. The van der Waals surface area contributed by atoms with Crippen LogP contribution in [0.3, 0.4) is 0 Å². The van der Waals surface area contributed by atoms with E-state index in [2.05, 4.69) is 20.4 Å². The Morgan fingerprint density at radius 3 is 2.64 bits per heavy atom. The predicted octanol–water partition coefficient (Wildman–Crippen LogP) is 1.78. The first-order chi connectivity index (χ1) is 10.2. The zero-order valence-electron chi connectivity index (χ0n) is 12.9. The quantitative estimate of drug-likeness (QED) is 0.839. The number of H-pyrrole nitrogens is 1. The van der Waals surface area contributed by atoms with Crippen LogP contribution in [0.25, 0.3) is 5.95 Å². The number of rotatable bonds is 4. The standard InChI is InChI=1S/C14H18ClN5O2/c1-8-6-11(21)18-13(16-8)20-10(5-9(2)19-20)17-12(22)14(3,4)7-15/h5-6H,7H2,1-4H3,(H,17,22)(H,16,18,21). The second-order valence-electron chi connectivity index (χ2n) is 5.76. The number of aromatic nitrogens is 4. The third-order valence-electron chi connectivity index (χ3n) is 3.08. The third-order valence-corrected chi connectivity index (χ3v) is 3.75. The molecule has 0 saturated carbocycles. The second-order valence-corrected chi connectivity index (χ2v) is 6.03. The fourth-order valence-corrected chi connectivity index (χ4v) is 1.88. The molecule has 2 N–H and O–H groups in total. The van der Waals surface area contributed by atoms with Crippen LogP contribution in [-0.2, 0) is 4.79 Å². The van der Waals surface area contributed by atoms with E-state index >= 15 is 0 Å². The molecule has 0 fully saturated rings. The summed E-state index contributed by atoms with van der Waals surface area (Å²) in [4.78, 5) is 30.7. The number of alkyl halides is 1. The maximum Gasteiger partial charge on any atom is 0.252 e. The number of hydrogen-bond donors (Lipinski definition) is 2. The number of nitrogens with one attached hydrogen (secondary N) is 2. The predicted molar refractivity (Wildman–Crippen MR) is 84.6 cm³/mol. The van der Waals surface area contributed by atoms with Crippen molar-refractivity contribution in [3.63, 3.8) is 0 Å². The van der Waals surface area contributed by atoms with Gasteiger partial charge in [0, 0.05) is 23.7 Å². The highest BCUT2D eigenvalue weighted by atomic mass is 35.5. The van der Waals surface area contributed by atoms with Gasteiger partial charge < -0.3 is 5.32 Å². The molecule has 0 spiro atoms. The molecular weight excluding hydrogens is 306 g/mol. The number of amides is 1. The zero-order valence-corrected chi connectivity index (χ0v) is 13.7. The molecule has 0 aromatic carbocycles. The number of aromatic amines is 1. The molecule has 8 heteroatoms. The van der Waals surface area contributed by atoms with E-state index in [-0.39, 0.29) is 23.3 Å². The average Bonchev–Trinajstić information content (AvgIpc) is 2.78. The highest BCUT2D eigenvalue weighted by Gasteiger charge is 2.27. The van der Waals surface area contributed by atoms with E-state index in [4.69, 9.17) is 11.6 Å². The topological polar surface area (TPSA) is 92.7 Å². The van der Waals surface area contributed by atoms with Gasteiger partial charge in [-0.2, -0.15) is 9.78 Å².